The predicted octanol–water partition coefficient (Wildman–Crippen LogP) is 3.07. The van der Waals surface area contributed by atoms with E-state index in [1.165, 1.54) is 25.7 Å². The molecule has 0 amide bonds. The Labute approximate surface area is 104 Å². The largest absolute Gasteiger partial charge is 0.384 e. The van der Waals surface area contributed by atoms with E-state index in [9.17, 15) is 0 Å². The molecule has 0 spiro atoms. The van der Waals surface area contributed by atoms with Crippen molar-refractivity contribution in [3.8, 4) is 0 Å². The number of aromatic nitrogens is 1. The summed E-state index contributed by atoms with van der Waals surface area (Å²) in [4.78, 5) is 6.76. The molecule has 1 aromatic heterocycles. The smallest absolute Gasteiger partial charge is 0.130 e. The predicted molar refractivity (Wildman–Crippen MR) is 73.1 cm³/mol. The maximum atomic E-state index is 5.73. The van der Waals surface area contributed by atoms with Crippen molar-refractivity contribution in [3.63, 3.8) is 0 Å². The second-order valence-electron chi connectivity index (χ2n) is 5.11. The van der Waals surface area contributed by atoms with Gasteiger partial charge < -0.3 is 10.6 Å². The van der Waals surface area contributed by atoms with Crippen molar-refractivity contribution in [1.82, 2.24) is 4.98 Å². The Balaban J connectivity index is 2.04. The van der Waals surface area contributed by atoms with Crippen molar-refractivity contribution in [1.29, 1.82) is 0 Å². The normalized spacial score (nSPS) is 19.3. The van der Waals surface area contributed by atoms with Crippen LogP contribution < -0.4 is 10.6 Å². The lowest BCUT2D eigenvalue weighted by Crippen LogP contribution is -2.40. The Kier molecular flexibility index (Phi) is 3.55. The lowest BCUT2D eigenvalue weighted by Gasteiger charge is -2.41. The van der Waals surface area contributed by atoms with Gasteiger partial charge in [0.05, 0.1) is 0 Å². The molecule has 1 aliphatic heterocycles. The number of hydrogen-bond acceptors (Lipinski definition) is 3. The lowest BCUT2D eigenvalue weighted by molar-refractivity contribution is 0.199. The summed E-state index contributed by atoms with van der Waals surface area (Å²) in [6.07, 6.45) is 5.14. The molecule has 1 aliphatic rings. The van der Waals surface area contributed by atoms with Gasteiger partial charge in [0.2, 0.25) is 0 Å². The van der Waals surface area contributed by atoms with Gasteiger partial charge >= 0.3 is 0 Å². The maximum absolute atomic E-state index is 5.73. The summed E-state index contributed by atoms with van der Waals surface area (Å²) < 4.78 is 0. The minimum absolute atomic E-state index is 0.566. The van der Waals surface area contributed by atoms with E-state index in [1.807, 2.05) is 12.1 Å². The molecule has 0 radical (unpaired) electrons. The number of nitrogens with zero attached hydrogens (tertiary/aromatic N) is 2. The summed E-state index contributed by atoms with van der Waals surface area (Å²) in [5, 5.41) is 0. The molecule has 0 unspecified atom stereocenters. The van der Waals surface area contributed by atoms with Gasteiger partial charge in [-0.2, -0.15) is 0 Å². The standard InChI is InChI=1S/C14H23N3/c1-3-14(4-2)8-10-17(11-9-14)13-7-5-6-12(15)16-13/h5-7H,3-4,8-11H2,1-2H3,(H2,15,16). The number of hydrogen-bond donors (Lipinski definition) is 1. The maximum Gasteiger partial charge on any atom is 0.130 e. The van der Waals surface area contributed by atoms with Crippen LogP contribution in [0.2, 0.25) is 0 Å². The summed E-state index contributed by atoms with van der Waals surface area (Å²) in [5.74, 6) is 1.65. The molecule has 1 fully saturated rings. The number of pyridine rings is 1. The van der Waals surface area contributed by atoms with E-state index in [1.54, 1.807) is 0 Å². The molecule has 17 heavy (non-hydrogen) atoms. The first-order valence-electron chi connectivity index (χ1n) is 6.66. The van der Waals surface area contributed by atoms with Crippen molar-refractivity contribution in [3.05, 3.63) is 18.2 Å². The van der Waals surface area contributed by atoms with E-state index in [4.69, 9.17) is 5.73 Å². The van der Waals surface area contributed by atoms with Gasteiger partial charge in [0.15, 0.2) is 0 Å². The fraction of sp³-hybridized carbons (Fsp3) is 0.643. The molecule has 2 rings (SSSR count). The number of rotatable bonds is 3. The van der Waals surface area contributed by atoms with Crippen LogP contribution in [0.15, 0.2) is 18.2 Å². The summed E-state index contributed by atoms with van der Waals surface area (Å²) in [5.41, 5.74) is 6.30. The highest BCUT2D eigenvalue weighted by Gasteiger charge is 2.31. The van der Waals surface area contributed by atoms with Crippen molar-refractivity contribution in [2.24, 2.45) is 5.41 Å². The molecule has 3 nitrogen and oxygen atoms in total. The molecule has 0 saturated carbocycles. The van der Waals surface area contributed by atoms with Gasteiger partial charge in [-0.25, -0.2) is 4.98 Å². The topological polar surface area (TPSA) is 42.1 Å². The minimum atomic E-state index is 0.566. The molecule has 3 heteroatoms. The van der Waals surface area contributed by atoms with E-state index in [2.05, 4.69) is 29.8 Å². The van der Waals surface area contributed by atoms with E-state index in [0.717, 1.165) is 18.9 Å². The zero-order chi connectivity index (χ0) is 12.3. The van der Waals surface area contributed by atoms with Crippen LogP contribution in [-0.4, -0.2) is 18.1 Å². The van der Waals surface area contributed by atoms with Crippen LogP contribution in [0, 0.1) is 5.41 Å². The van der Waals surface area contributed by atoms with Crippen LogP contribution in [0.25, 0.3) is 0 Å². The third-order valence-corrected chi connectivity index (χ3v) is 4.40. The van der Waals surface area contributed by atoms with Crippen LogP contribution in [0.5, 0.6) is 0 Å². The Hall–Kier alpha value is -1.25. The highest BCUT2D eigenvalue weighted by molar-refractivity contribution is 5.45. The first-order valence-corrected chi connectivity index (χ1v) is 6.66. The molecule has 1 aromatic rings. The van der Waals surface area contributed by atoms with Gasteiger partial charge in [0.25, 0.3) is 0 Å². The molecule has 2 N–H and O–H groups in total. The van der Waals surface area contributed by atoms with E-state index in [0.29, 0.717) is 11.2 Å². The third kappa shape index (κ3) is 2.54. The molecule has 0 bridgehead atoms. The van der Waals surface area contributed by atoms with Gasteiger partial charge in [-0.3, -0.25) is 0 Å². The van der Waals surface area contributed by atoms with Crippen LogP contribution in [0.3, 0.4) is 0 Å². The summed E-state index contributed by atoms with van der Waals surface area (Å²) in [6, 6.07) is 5.89. The van der Waals surface area contributed by atoms with Gasteiger partial charge in [0.1, 0.15) is 11.6 Å². The number of anilines is 2. The Morgan fingerprint density at radius 1 is 1.24 bits per heavy atom. The number of nitrogens with two attached hydrogens (primary N) is 1. The fourth-order valence-corrected chi connectivity index (χ4v) is 2.78. The van der Waals surface area contributed by atoms with Crippen LogP contribution in [0.1, 0.15) is 39.5 Å². The van der Waals surface area contributed by atoms with Gasteiger partial charge in [-0.1, -0.05) is 32.8 Å². The fourth-order valence-electron chi connectivity index (χ4n) is 2.78. The second-order valence-corrected chi connectivity index (χ2v) is 5.11. The molecule has 0 atom stereocenters. The molecule has 94 valence electrons. The first-order chi connectivity index (χ1) is 8.19. The Morgan fingerprint density at radius 3 is 2.41 bits per heavy atom. The van der Waals surface area contributed by atoms with Gasteiger partial charge in [-0.15, -0.1) is 0 Å². The van der Waals surface area contributed by atoms with E-state index in [-0.39, 0.29) is 0 Å². The highest BCUT2D eigenvalue weighted by Crippen LogP contribution is 2.38. The summed E-state index contributed by atoms with van der Waals surface area (Å²) in [7, 11) is 0. The van der Waals surface area contributed by atoms with Gasteiger partial charge in [0, 0.05) is 13.1 Å². The Morgan fingerprint density at radius 2 is 1.88 bits per heavy atom. The Bertz CT molecular complexity index is 361. The second kappa shape index (κ2) is 4.94. The van der Waals surface area contributed by atoms with E-state index < -0.39 is 0 Å². The van der Waals surface area contributed by atoms with Crippen molar-refractivity contribution >= 4 is 11.6 Å². The first kappa shape index (κ1) is 12.2. The monoisotopic (exact) mass is 233 g/mol. The quantitative estimate of drug-likeness (QED) is 0.872. The molecular formula is C14H23N3. The summed E-state index contributed by atoms with van der Waals surface area (Å²) >= 11 is 0. The van der Waals surface area contributed by atoms with Crippen LogP contribution in [0.4, 0.5) is 11.6 Å². The van der Waals surface area contributed by atoms with Crippen molar-refractivity contribution < 1.29 is 0 Å². The van der Waals surface area contributed by atoms with E-state index >= 15 is 0 Å². The SMILES string of the molecule is CCC1(CC)CCN(c2cccc(N)n2)CC1. The number of nitrogen functional groups attached to an aromatic ring is 1. The van der Waals surface area contributed by atoms with Crippen LogP contribution >= 0.6 is 0 Å². The average Bonchev–Trinajstić information content (AvgIpc) is 2.39. The number of piperidine rings is 1. The zero-order valence-electron chi connectivity index (χ0n) is 10.9. The van der Waals surface area contributed by atoms with Gasteiger partial charge in [-0.05, 0) is 30.4 Å². The molecule has 0 aromatic carbocycles. The average molecular weight is 233 g/mol. The van der Waals surface area contributed by atoms with Crippen molar-refractivity contribution in [2.45, 2.75) is 39.5 Å². The molecule has 0 aliphatic carbocycles. The minimum Gasteiger partial charge on any atom is -0.384 e. The molecular weight excluding hydrogens is 210 g/mol. The highest BCUT2D eigenvalue weighted by atomic mass is 15.2. The summed E-state index contributed by atoms with van der Waals surface area (Å²) in [6.45, 7) is 6.85. The molecule has 1 saturated heterocycles. The van der Waals surface area contributed by atoms with Crippen LogP contribution in [-0.2, 0) is 0 Å². The molecule has 2 heterocycles. The van der Waals surface area contributed by atoms with Crippen molar-refractivity contribution in [2.75, 3.05) is 23.7 Å². The third-order valence-electron chi connectivity index (χ3n) is 4.40. The zero-order valence-corrected chi connectivity index (χ0v) is 10.9. The lowest BCUT2D eigenvalue weighted by atomic mass is 9.74.